The number of carbonyl (C=O) groups is 2. The number of nitrogens with zero attached hydrogens (tertiary/aromatic N) is 2. The van der Waals surface area contributed by atoms with E-state index in [9.17, 15) is 9.59 Å². The number of nitrogens with one attached hydrogen (secondary N) is 1. The Kier molecular flexibility index (Phi) is 9.36. The van der Waals surface area contributed by atoms with E-state index >= 15 is 0 Å². The van der Waals surface area contributed by atoms with Crippen molar-refractivity contribution in [3.05, 3.63) is 0 Å². The van der Waals surface area contributed by atoms with Gasteiger partial charge in [0.05, 0.1) is 6.04 Å². The zero-order chi connectivity index (χ0) is 15.5. The number of nitrogens with two attached hydrogens (primary N) is 2. The van der Waals surface area contributed by atoms with Crippen molar-refractivity contribution < 1.29 is 9.59 Å². The van der Waals surface area contributed by atoms with E-state index < -0.39 is 12.1 Å². The van der Waals surface area contributed by atoms with Crippen molar-refractivity contribution in [3.8, 4) is 0 Å². The average molecular weight is 285 g/mol. The average Bonchev–Trinajstić information content (AvgIpc) is 2.35. The topological polar surface area (TPSA) is 114 Å². The van der Waals surface area contributed by atoms with Gasteiger partial charge in [-0.25, -0.2) is 10.2 Å². The Morgan fingerprint density at radius 1 is 1.35 bits per heavy atom. The summed E-state index contributed by atoms with van der Waals surface area (Å²) in [6, 6.07) is -1.33. The van der Waals surface area contributed by atoms with Crippen LogP contribution in [-0.4, -0.2) is 35.8 Å². The lowest BCUT2D eigenvalue weighted by Gasteiger charge is -2.22. The summed E-state index contributed by atoms with van der Waals surface area (Å²) in [5.41, 5.74) is 12.9. The number of amides is 3. The van der Waals surface area contributed by atoms with Gasteiger partial charge in [0.15, 0.2) is 0 Å². The molecule has 0 saturated carbocycles. The minimum atomic E-state index is -0.770. The van der Waals surface area contributed by atoms with Crippen molar-refractivity contribution in [1.82, 2.24) is 10.3 Å². The molecule has 0 aromatic carbocycles. The van der Waals surface area contributed by atoms with E-state index in [1.165, 1.54) is 11.2 Å². The predicted octanol–water partition coefficient (Wildman–Crippen LogP) is 0.990. The van der Waals surface area contributed by atoms with Crippen molar-refractivity contribution in [2.75, 3.05) is 6.54 Å². The number of urea groups is 1. The van der Waals surface area contributed by atoms with Gasteiger partial charge in [0, 0.05) is 6.54 Å². The molecule has 0 saturated heterocycles. The van der Waals surface area contributed by atoms with E-state index in [0.717, 1.165) is 19.3 Å². The molecule has 0 aliphatic carbocycles. The van der Waals surface area contributed by atoms with Crippen molar-refractivity contribution in [2.24, 2.45) is 22.5 Å². The smallest absolute Gasteiger partial charge is 0.332 e. The van der Waals surface area contributed by atoms with Crippen LogP contribution in [0, 0.1) is 5.92 Å². The molecule has 0 aromatic rings. The highest BCUT2D eigenvalue weighted by Crippen LogP contribution is 2.06. The number of hydrogen-bond donors (Lipinski definition) is 3. The molecule has 0 fully saturated rings. The van der Waals surface area contributed by atoms with E-state index in [1.54, 1.807) is 0 Å². The van der Waals surface area contributed by atoms with Crippen molar-refractivity contribution in [3.63, 3.8) is 0 Å². The number of hydrogen-bond acceptors (Lipinski definition) is 4. The van der Waals surface area contributed by atoms with Crippen LogP contribution in [0.3, 0.4) is 0 Å². The fourth-order valence-electron chi connectivity index (χ4n) is 1.74. The fourth-order valence-corrected chi connectivity index (χ4v) is 1.74. The van der Waals surface area contributed by atoms with E-state index in [4.69, 9.17) is 11.5 Å². The lowest BCUT2D eigenvalue weighted by molar-refractivity contribution is -0.128. The monoisotopic (exact) mass is 285 g/mol. The quantitative estimate of drug-likeness (QED) is 0.254. The molecule has 7 nitrogen and oxygen atoms in total. The van der Waals surface area contributed by atoms with Crippen LogP contribution < -0.4 is 16.9 Å². The molecule has 116 valence electrons. The van der Waals surface area contributed by atoms with Gasteiger partial charge in [0.2, 0.25) is 5.91 Å². The number of unbranched alkanes of at least 4 members (excludes halogenated alkanes) is 2. The van der Waals surface area contributed by atoms with Gasteiger partial charge in [-0.1, -0.05) is 33.6 Å². The van der Waals surface area contributed by atoms with Crippen molar-refractivity contribution >= 4 is 18.3 Å². The second-order valence-electron chi connectivity index (χ2n) is 5.20. The van der Waals surface area contributed by atoms with Crippen LogP contribution in [-0.2, 0) is 4.79 Å². The van der Waals surface area contributed by atoms with Crippen molar-refractivity contribution in [1.29, 1.82) is 0 Å². The summed E-state index contributed by atoms with van der Waals surface area (Å²) in [5.74, 6) is 0.150. The van der Waals surface area contributed by atoms with Gasteiger partial charge in [-0.05, 0) is 18.8 Å². The maximum absolute atomic E-state index is 12.2. The zero-order valence-corrected chi connectivity index (χ0v) is 12.6. The summed E-state index contributed by atoms with van der Waals surface area (Å²) < 4.78 is 0. The molecule has 1 unspecified atom stereocenters. The fraction of sp³-hybridized carbons (Fsp3) is 0.769. The molecule has 0 aliphatic rings. The molecule has 0 rings (SSSR count). The van der Waals surface area contributed by atoms with Gasteiger partial charge in [-0.2, -0.15) is 5.10 Å². The lowest BCUT2D eigenvalue weighted by Crippen LogP contribution is -2.44. The summed E-state index contributed by atoms with van der Waals surface area (Å²) in [5, 5.41) is 3.63. The van der Waals surface area contributed by atoms with E-state index in [0.29, 0.717) is 18.9 Å². The maximum Gasteiger partial charge on any atom is 0.332 e. The van der Waals surface area contributed by atoms with Crippen LogP contribution in [0.4, 0.5) is 4.79 Å². The minimum Gasteiger partial charge on any atom is -0.350 e. The third-order valence-corrected chi connectivity index (χ3v) is 2.70. The van der Waals surface area contributed by atoms with Crippen molar-refractivity contribution in [2.45, 2.75) is 52.5 Å². The highest BCUT2D eigenvalue weighted by Gasteiger charge is 2.20. The van der Waals surface area contributed by atoms with Gasteiger partial charge >= 0.3 is 6.03 Å². The van der Waals surface area contributed by atoms with Gasteiger partial charge in [-0.15, -0.1) is 0 Å². The molecular weight excluding hydrogens is 258 g/mol. The Balaban J connectivity index is 4.59. The summed E-state index contributed by atoms with van der Waals surface area (Å²) in [7, 11) is 0. The Hall–Kier alpha value is -1.63. The van der Waals surface area contributed by atoms with Gasteiger partial charge < -0.3 is 16.4 Å². The Morgan fingerprint density at radius 3 is 2.50 bits per heavy atom. The van der Waals surface area contributed by atoms with E-state index in [-0.39, 0.29) is 5.91 Å². The first-order valence-corrected chi connectivity index (χ1v) is 7.03. The SMILES string of the molecule is CCCCCN(/C=N/NC(N)=O)C(=O)C(N)CC(C)C. The Morgan fingerprint density at radius 2 is 2.00 bits per heavy atom. The van der Waals surface area contributed by atoms with E-state index in [1.807, 2.05) is 13.8 Å². The standard InChI is InChI=1S/C13H27N5O2/c1-4-5-6-7-18(9-16-17-13(15)20)12(19)11(14)8-10(2)3/h9-11H,4-8,14H2,1-3H3,(H3,15,17,20)/b16-9+. The number of primary amides is 1. The number of hydrazone groups is 1. The molecule has 0 spiro atoms. The minimum absolute atomic E-state index is 0.190. The van der Waals surface area contributed by atoms with Crippen LogP contribution in [0.15, 0.2) is 5.10 Å². The third kappa shape index (κ3) is 8.47. The van der Waals surface area contributed by atoms with E-state index in [2.05, 4.69) is 17.5 Å². The Bertz CT molecular complexity index is 331. The molecule has 0 aliphatic heterocycles. The summed E-state index contributed by atoms with van der Waals surface area (Å²) in [6.45, 7) is 6.64. The summed E-state index contributed by atoms with van der Waals surface area (Å²) in [4.78, 5) is 24.2. The van der Waals surface area contributed by atoms with Crippen LogP contribution in [0.1, 0.15) is 46.5 Å². The molecule has 5 N–H and O–H groups in total. The first-order valence-electron chi connectivity index (χ1n) is 7.03. The van der Waals surface area contributed by atoms with Gasteiger partial charge in [0.1, 0.15) is 6.34 Å². The first kappa shape index (κ1) is 18.4. The van der Waals surface area contributed by atoms with Crippen LogP contribution in [0.5, 0.6) is 0 Å². The second-order valence-corrected chi connectivity index (χ2v) is 5.20. The van der Waals surface area contributed by atoms with Gasteiger partial charge in [-0.3, -0.25) is 4.79 Å². The molecule has 0 bridgehead atoms. The van der Waals surface area contributed by atoms with Crippen LogP contribution >= 0.6 is 0 Å². The third-order valence-electron chi connectivity index (χ3n) is 2.70. The lowest BCUT2D eigenvalue weighted by atomic mass is 10.0. The molecule has 3 amide bonds. The summed E-state index contributed by atoms with van der Waals surface area (Å²) >= 11 is 0. The largest absolute Gasteiger partial charge is 0.350 e. The first-order chi connectivity index (χ1) is 9.38. The zero-order valence-electron chi connectivity index (χ0n) is 12.6. The molecule has 7 heteroatoms. The summed E-state index contributed by atoms with van der Waals surface area (Å²) in [6.07, 6.45) is 4.82. The number of carbonyl (C=O) groups excluding carboxylic acids is 2. The molecule has 1 atom stereocenters. The highest BCUT2D eigenvalue weighted by molar-refractivity contribution is 5.91. The second kappa shape index (κ2) is 10.2. The highest BCUT2D eigenvalue weighted by atomic mass is 16.2. The van der Waals surface area contributed by atoms with Crippen LogP contribution in [0.25, 0.3) is 0 Å². The predicted molar refractivity (Wildman–Crippen MR) is 79.9 cm³/mol. The molecule has 0 radical (unpaired) electrons. The van der Waals surface area contributed by atoms with Gasteiger partial charge in [0.25, 0.3) is 0 Å². The molecular formula is C13H27N5O2. The molecule has 20 heavy (non-hydrogen) atoms. The maximum atomic E-state index is 12.2. The number of rotatable bonds is 9. The van der Waals surface area contributed by atoms with Crippen LogP contribution in [0.2, 0.25) is 0 Å². The normalized spacial score (nSPS) is 12.7. The molecule has 0 aromatic heterocycles. The Labute approximate surface area is 120 Å². The molecule has 0 heterocycles.